The minimum Gasteiger partial charge on any atom is -0.395 e. The minimum atomic E-state index is -0.0909. The van der Waals surface area contributed by atoms with Crippen LogP contribution in [0.25, 0.3) is 0 Å². The van der Waals surface area contributed by atoms with E-state index in [2.05, 4.69) is 30.3 Å². The van der Waals surface area contributed by atoms with Gasteiger partial charge in [-0.3, -0.25) is 4.79 Å². The normalized spacial score (nSPS) is 11.3. The molecule has 0 fully saturated rings. The molecule has 0 heterocycles. The van der Waals surface area contributed by atoms with Crippen LogP contribution in [-0.4, -0.2) is 36.2 Å². The Morgan fingerprint density at radius 2 is 2.20 bits per heavy atom. The number of hydrogen-bond donors (Lipinski definition) is 2. The van der Waals surface area contributed by atoms with Crippen LogP contribution in [0.2, 0.25) is 0 Å². The van der Waals surface area contributed by atoms with Crippen molar-refractivity contribution in [1.82, 2.24) is 5.32 Å². The quantitative estimate of drug-likeness (QED) is 0.790. The third-order valence-electron chi connectivity index (χ3n) is 2.69. The largest absolute Gasteiger partial charge is 0.395 e. The van der Waals surface area contributed by atoms with Gasteiger partial charge in [-0.15, -0.1) is 0 Å². The summed E-state index contributed by atoms with van der Waals surface area (Å²) in [7, 11) is 0. The van der Waals surface area contributed by atoms with Crippen LogP contribution < -0.4 is 5.32 Å². The molecular weight excluding hydrogens is 270 g/mol. The zero-order valence-corrected chi connectivity index (χ0v) is 12.8. The lowest BCUT2D eigenvalue weighted by atomic mass is 10.1. The highest BCUT2D eigenvalue weighted by Crippen LogP contribution is 2.08. The van der Waals surface area contributed by atoms with Gasteiger partial charge in [-0.25, -0.2) is 0 Å². The summed E-state index contributed by atoms with van der Waals surface area (Å²) in [6.45, 7) is 2.81. The van der Waals surface area contributed by atoms with Crippen molar-refractivity contribution in [3.8, 4) is 11.8 Å². The summed E-state index contributed by atoms with van der Waals surface area (Å²) in [4.78, 5) is 12.2. The molecule has 0 aromatic heterocycles. The molecule has 0 spiro atoms. The van der Waals surface area contributed by atoms with Crippen molar-refractivity contribution in [3.05, 3.63) is 35.4 Å². The standard InChI is InChI=1S/C16H21NO2S/c1-13(12-20-2)11-17-16(19)15-9-4-3-7-14(15)8-5-6-10-18/h3-4,7,9,13,18H,6,10-12H2,1-2H3,(H,17,19). The van der Waals surface area contributed by atoms with E-state index < -0.39 is 0 Å². The van der Waals surface area contributed by atoms with Gasteiger partial charge in [0.15, 0.2) is 0 Å². The number of amides is 1. The molecule has 0 bridgehead atoms. The minimum absolute atomic E-state index is 0.0353. The van der Waals surface area contributed by atoms with Crippen molar-refractivity contribution in [3.63, 3.8) is 0 Å². The van der Waals surface area contributed by atoms with Crippen LogP contribution in [0.15, 0.2) is 24.3 Å². The average Bonchev–Trinajstić information content (AvgIpc) is 2.46. The van der Waals surface area contributed by atoms with Crippen molar-refractivity contribution < 1.29 is 9.90 Å². The molecule has 4 heteroatoms. The number of thioether (sulfide) groups is 1. The fraction of sp³-hybridized carbons (Fsp3) is 0.438. The van der Waals surface area contributed by atoms with Crippen molar-refractivity contribution >= 4 is 17.7 Å². The maximum absolute atomic E-state index is 12.2. The Balaban J connectivity index is 2.71. The summed E-state index contributed by atoms with van der Waals surface area (Å²) in [6, 6.07) is 7.29. The van der Waals surface area contributed by atoms with Gasteiger partial charge in [0.1, 0.15) is 0 Å². The number of nitrogens with one attached hydrogen (secondary N) is 1. The van der Waals surface area contributed by atoms with E-state index in [1.54, 1.807) is 17.8 Å². The molecule has 2 N–H and O–H groups in total. The Kier molecular flexibility index (Phi) is 7.86. The first kappa shape index (κ1) is 16.6. The van der Waals surface area contributed by atoms with Crippen LogP contribution in [0, 0.1) is 17.8 Å². The van der Waals surface area contributed by atoms with E-state index in [1.165, 1.54) is 0 Å². The monoisotopic (exact) mass is 291 g/mol. The molecule has 0 aliphatic rings. The average molecular weight is 291 g/mol. The van der Waals surface area contributed by atoms with E-state index in [0.29, 0.717) is 30.0 Å². The molecule has 1 aromatic carbocycles. The number of benzene rings is 1. The predicted octanol–water partition coefficient (Wildman–Crippen LogP) is 2.15. The highest BCUT2D eigenvalue weighted by molar-refractivity contribution is 7.98. The first-order chi connectivity index (χ1) is 9.69. The van der Waals surface area contributed by atoms with E-state index in [4.69, 9.17) is 5.11 Å². The van der Waals surface area contributed by atoms with Gasteiger partial charge in [-0.05, 0) is 30.1 Å². The number of aliphatic hydroxyl groups is 1. The zero-order valence-electron chi connectivity index (χ0n) is 12.0. The second kappa shape index (κ2) is 9.46. The molecule has 1 aromatic rings. The molecule has 0 saturated carbocycles. The summed E-state index contributed by atoms with van der Waals surface area (Å²) in [5, 5.41) is 11.7. The summed E-state index contributed by atoms with van der Waals surface area (Å²) < 4.78 is 0. The molecule has 108 valence electrons. The van der Waals surface area contributed by atoms with Crippen LogP contribution in [0.5, 0.6) is 0 Å². The topological polar surface area (TPSA) is 49.3 Å². The van der Waals surface area contributed by atoms with Gasteiger partial charge in [-0.2, -0.15) is 11.8 Å². The summed E-state index contributed by atoms with van der Waals surface area (Å²) >= 11 is 1.78. The number of carbonyl (C=O) groups excluding carboxylic acids is 1. The zero-order chi connectivity index (χ0) is 14.8. The molecule has 20 heavy (non-hydrogen) atoms. The second-order valence-corrected chi connectivity index (χ2v) is 5.50. The first-order valence-corrected chi connectivity index (χ1v) is 8.04. The third-order valence-corrected chi connectivity index (χ3v) is 3.60. The third kappa shape index (κ3) is 5.68. The Labute approximate surface area is 125 Å². The second-order valence-electron chi connectivity index (χ2n) is 4.59. The number of rotatable bonds is 6. The molecule has 0 saturated heterocycles. The van der Waals surface area contributed by atoms with Gasteiger partial charge < -0.3 is 10.4 Å². The highest BCUT2D eigenvalue weighted by atomic mass is 32.2. The van der Waals surface area contributed by atoms with Gasteiger partial charge in [0, 0.05) is 18.5 Å². The number of hydrogen-bond acceptors (Lipinski definition) is 3. The van der Waals surface area contributed by atoms with E-state index in [-0.39, 0.29) is 12.5 Å². The van der Waals surface area contributed by atoms with Crippen molar-refractivity contribution in [1.29, 1.82) is 0 Å². The van der Waals surface area contributed by atoms with Crippen LogP contribution in [0.3, 0.4) is 0 Å². The Bertz CT molecular complexity index is 491. The summed E-state index contributed by atoms with van der Waals surface area (Å²) in [5.74, 6) is 7.16. The van der Waals surface area contributed by atoms with Crippen LogP contribution in [0.4, 0.5) is 0 Å². The molecule has 1 unspecified atom stereocenters. The van der Waals surface area contributed by atoms with Crippen LogP contribution in [0.1, 0.15) is 29.3 Å². The van der Waals surface area contributed by atoms with Gasteiger partial charge in [0.25, 0.3) is 5.91 Å². The van der Waals surface area contributed by atoms with Crippen molar-refractivity contribution in [2.45, 2.75) is 13.3 Å². The fourth-order valence-corrected chi connectivity index (χ4v) is 2.40. The van der Waals surface area contributed by atoms with Crippen molar-refractivity contribution in [2.24, 2.45) is 5.92 Å². The lowest BCUT2D eigenvalue weighted by Gasteiger charge is -2.11. The smallest absolute Gasteiger partial charge is 0.252 e. The number of aliphatic hydroxyl groups excluding tert-OH is 1. The van der Waals surface area contributed by atoms with E-state index in [9.17, 15) is 4.79 Å². The van der Waals surface area contributed by atoms with E-state index in [0.717, 1.165) is 5.75 Å². The van der Waals surface area contributed by atoms with Gasteiger partial charge in [-0.1, -0.05) is 30.9 Å². The molecule has 1 rings (SSSR count). The van der Waals surface area contributed by atoms with Gasteiger partial charge >= 0.3 is 0 Å². The lowest BCUT2D eigenvalue weighted by molar-refractivity contribution is 0.0949. The Morgan fingerprint density at radius 1 is 1.45 bits per heavy atom. The molecule has 1 atom stereocenters. The first-order valence-electron chi connectivity index (χ1n) is 6.65. The Hall–Kier alpha value is -1.44. The molecule has 1 amide bonds. The highest BCUT2D eigenvalue weighted by Gasteiger charge is 2.10. The number of carbonyl (C=O) groups is 1. The van der Waals surface area contributed by atoms with Gasteiger partial charge in [0.2, 0.25) is 0 Å². The lowest BCUT2D eigenvalue weighted by Crippen LogP contribution is -2.29. The van der Waals surface area contributed by atoms with E-state index in [1.807, 2.05) is 18.2 Å². The van der Waals surface area contributed by atoms with Crippen molar-refractivity contribution in [2.75, 3.05) is 25.2 Å². The fourth-order valence-electron chi connectivity index (χ4n) is 1.71. The molecule has 0 aliphatic carbocycles. The molecule has 0 radical (unpaired) electrons. The predicted molar refractivity (Wildman–Crippen MR) is 84.9 cm³/mol. The molecular formula is C16H21NO2S. The summed E-state index contributed by atoms with van der Waals surface area (Å²) in [5.41, 5.74) is 1.30. The van der Waals surface area contributed by atoms with Crippen LogP contribution in [-0.2, 0) is 0 Å². The van der Waals surface area contributed by atoms with Gasteiger partial charge in [0.05, 0.1) is 12.2 Å². The van der Waals surface area contributed by atoms with E-state index >= 15 is 0 Å². The summed E-state index contributed by atoms with van der Waals surface area (Å²) in [6.07, 6.45) is 2.48. The van der Waals surface area contributed by atoms with Crippen LogP contribution >= 0.6 is 11.8 Å². The molecule has 3 nitrogen and oxygen atoms in total. The molecule has 0 aliphatic heterocycles. The SMILES string of the molecule is CSCC(C)CNC(=O)c1ccccc1C#CCCO. The Morgan fingerprint density at radius 3 is 2.90 bits per heavy atom. The maximum atomic E-state index is 12.2. The maximum Gasteiger partial charge on any atom is 0.252 e.